The number of hydrogen-bond donors (Lipinski definition) is 3. The quantitative estimate of drug-likeness (QED) is 0.200. The Kier molecular flexibility index (Phi) is 11.2. The molecule has 0 radical (unpaired) electrons. The number of hydrogen-bond acceptors (Lipinski definition) is 8. The number of aliphatic hydroxyl groups excluding tert-OH is 1. The third kappa shape index (κ3) is 8.06. The Morgan fingerprint density at radius 2 is 1.54 bits per heavy atom. The molecule has 3 amide bonds. The Bertz CT molecular complexity index is 1620. The second kappa shape index (κ2) is 15.7. The maximum absolute atomic E-state index is 13.5. The van der Waals surface area contributed by atoms with E-state index in [9.17, 15) is 19.2 Å². The molecule has 11 heteroatoms. The molecule has 5 rings (SSSR count). The lowest BCUT2D eigenvalue weighted by atomic mass is 9.91. The lowest BCUT2D eigenvalue weighted by Crippen LogP contribution is -2.44. The van der Waals surface area contributed by atoms with Crippen molar-refractivity contribution in [3.63, 3.8) is 0 Å². The van der Waals surface area contributed by atoms with Gasteiger partial charge >= 0.3 is 5.97 Å². The fraction of sp³-hybridized carbons (Fsp3) is 0.297. The van der Waals surface area contributed by atoms with Gasteiger partial charge in [-0.25, -0.2) is 4.79 Å². The summed E-state index contributed by atoms with van der Waals surface area (Å²) in [6.07, 6.45) is 2.47. The van der Waals surface area contributed by atoms with Crippen LogP contribution in [0.5, 0.6) is 0 Å². The maximum atomic E-state index is 13.5. The molecule has 1 heterocycles. The Morgan fingerprint density at radius 3 is 2.15 bits per heavy atom. The highest BCUT2D eigenvalue weighted by Crippen LogP contribution is 2.47. The Balaban J connectivity index is 1.40. The van der Waals surface area contributed by atoms with E-state index in [-0.39, 0.29) is 49.9 Å². The number of rotatable bonds is 12. The van der Waals surface area contributed by atoms with Gasteiger partial charge in [-0.05, 0) is 29.8 Å². The number of likely N-dealkylation sites (N-methyl/N-ethyl adjacent to an activating group) is 1. The first kappa shape index (κ1) is 34.2. The largest absolute Gasteiger partial charge is 0.456 e. The molecule has 1 saturated heterocycles. The summed E-state index contributed by atoms with van der Waals surface area (Å²) in [7, 11) is 3.32. The van der Waals surface area contributed by atoms with E-state index in [1.165, 1.54) is 11.0 Å². The summed E-state index contributed by atoms with van der Waals surface area (Å²) in [5.41, 5.74) is 2.82. The number of nitrogens with one attached hydrogen (secondary N) is 2. The molecule has 0 spiro atoms. The topological polar surface area (TPSA) is 144 Å². The van der Waals surface area contributed by atoms with E-state index in [0.29, 0.717) is 5.57 Å². The van der Waals surface area contributed by atoms with E-state index in [4.69, 9.17) is 19.3 Å². The molecule has 0 saturated carbocycles. The van der Waals surface area contributed by atoms with Gasteiger partial charge in [0.15, 0.2) is 0 Å². The van der Waals surface area contributed by atoms with Gasteiger partial charge in [-0.15, -0.1) is 0 Å². The van der Waals surface area contributed by atoms with Crippen LogP contribution in [-0.4, -0.2) is 85.8 Å². The van der Waals surface area contributed by atoms with Gasteiger partial charge in [-0.3, -0.25) is 14.4 Å². The summed E-state index contributed by atoms with van der Waals surface area (Å²) in [5.74, 6) is -2.84. The second-order valence-electron chi connectivity index (χ2n) is 11.6. The monoisotopic (exact) mass is 653 g/mol. The van der Waals surface area contributed by atoms with E-state index < -0.39 is 36.0 Å². The van der Waals surface area contributed by atoms with Crippen LogP contribution < -0.4 is 10.6 Å². The summed E-state index contributed by atoms with van der Waals surface area (Å²) < 4.78 is 19.5. The van der Waals surface area contributed by atoms with Crippen LogP contribution >= 0.6 is 0 Å². The molecule has 1 fully saturated rings. The molecule has 0 unspecified atom stereocenters. The first-order valence-corrected chi connectivity index (χ1v) is 15.7. The van der Waals surface area contributed by atoms with Crippen molar-refractivity contribution >= 4 is 29.8 Å². The predicted molar refractivity (Wildman–Crippen MR) is 177 cm³/mol. The highest BCUT2D eigenvalue weighted by atomic mass is 16.8. The number of benzene rings is 3. The van der Waals surface area contributed by atoms with Crippen molar-refractivity contribution in [2.75, 3.05) is 33.8 Å². The van der Waals surface area contributed by atoms with Crippen LogP contribution in [0.3, 0.4) is 0 Å². The number of fused-ring (bicyclic) bond motifs is 1. The van der Waals surface area contributed by atoms with Crippen molar-refractivity contribution in [2.45, 2.75) is 36.9 Å². The minimum atomic E-state index is -1.34. The molecule has 1 aliphatic heterocycles. The molecule has 3 N–H and O–H groups in total. The van der Waals surface area contributed by atoms with E-state index >= 15 is 0 Å². The van der Waals surface area contributed by atoms with Gasteiger partial charge in [-0.1, -0.05) is 72.8 Å². The number of aliphatic hydroxyl groups is 1. The van der Waals surface area contributed by atoms with Gasteiger partial charge in [0.2, 0.25) is 23.5 Å². The fourth-order valence-corrected chi connectivity index (χ4v) is 5.53. The smallest absolute Gasteiger partial charge is 0.338 e. The zero-order valence-electron chi connectivity index (χ0n) is 26.8. The summed E-state index contributed by atoms with van der Waals surface area (Å²) in [6.45, 7) is 0.0237. The first-order valence-electron chi connectivity index (χ1n) is 15.7. The van der Waals surface area contributed by atoms with Gasteiger partial charge in [0.25, 0.3) is 0 Å². The third-order valence-corrected chi connectivity index (χ3v) is 8.02. The average molecular weight is 654 g/mol. The molecular formula is C37H39N3O8. The molecule has 0 aromatic heterocycles. The maximum Gasteiger partial charge on any atom is 0.338 e. The van der Waals surface area contributed by atoms with Crippen LogP contribution in [0, 0.1) is 0 Å². The standard InChI is InChI=1S/C37H39N3O8/c1-40(2)33(43)18-15-25-13-16-26(17-14-25)36(45)46-30-23-27(35(44)39-20-19-32(42)38-21-22-41)24-31-34(30)48-37(47-31,28-9-5-3-6-10-28)29-11-7-4-8-12-29/h3-18,24,30-31,34,41H,19-23H2,1-2H3,(H,38,42)(H,39,44)/t30-,31-,34+/m1/s1. The molecule has 1 aliphatic carbocycles. The van der Waals surface area contributed by atoms with E-state index in [1.54, 1.807) is 50.5 Å². The Labute approximate surface area is 279 Å². The van der Waals surface area contributed by atoms with Gasteiger partial charge in [0.1, 0.15) is 18.3 Å². The molecule has 11 nitrogen and oxygen atoms in total. The highest BCUT2D eigenvalue weighted by molar-refractivity contribution is 5.95. The van der Waals surface area contributed by atoms with Gasteiger partial charge < -0.3 is 34.9 Å². The summed E-state index contributed by atoms with van der Waals surface area (Å²) in [4.78, 5) is 52.2. The van der Waals surface area contributed by atoms with Crippen molar-refractivity contribution in [3.05, 3.63) is 125 Å². The lowest BCUT2D eigenvalue weighted by Gasteiger charge is -2.31. The normalized spacial score (nSPS) is 19.6. The number of ether oxygens (including phenoxy) is 3. The molecule has 3 aromatic rings. The van der Waals surface area contributed by atoms with E-state index in [2.05, 4.69) is 10.6 Å². The summed E-state index contributed by atoms with van der Waals surface area (Å²) in [6, 6.07) is 25.5. The zero-order chi connectivity index (χ0) is 34.1. The summed E-state index contributed by atoms with van der Waals surface area (Å²) in [5, 5.41) is 14.2. The van der Waals surface area contributed by atoms with Crippen molar-refractivity contribution in [1.82, 2.24) is 15.5 Å². The van der Waals surface area contributed by atoms with Crippen molar-refractivity contribution < 1.29 is 38.5 Å². The van der Waals surface area contributed by atoms with E-state index in [0.717, 1.165) is 16.7 Å². The first-order chi connectivity index (χ1) is 23.2. The summed E-state index contributed by atoms with van der Waals surface area (Å²) >= 11 is 0. The molecule has 48 heavy (non-hydrogen) atoms. The average Bonchev–Trinajstić information content (AvgIpc) is 3.52. The van der Waals surface area contributed by atoms with Gasteiger partial charge in [0, 0.05) is 62.8 Å². The van der Waals surface area contributed by atoms with Crippen LogP contribution in [-0.2, 0) is 34.4 Å². The van der Waals surface area contributed by atoms with Crippen LogP contribution in [0.4, 0.5) is 0 Å². The zero-order valence-corrected chi connectivity index (χ0v) is 26.8. The number of esters is 1. The van der Waals surface area contributed by atoms with Crippen LogP contribution in [0.1, 0.15) is 39.9 Å². The number of carbonyl (C=O) groups excluding carboxylic acids is 4. The third-order valence-electron chi connectivity index (χ3n) is 8.02. The van der Waals surface area contributed by atoms with Gasteiger partial charge in [-0.2, -0.15) is 0 Å². The van der Waals surface area contributed by atoms with E-state index in [1.807, 2.05) is 60.7 Å². The minimum absolute atomic E-state index is 0.0305. The van der Waals surface area contributed by atoms with Gasteiger partial charge in [0.05, 0.1) is 12.2 Å². The second-order valence-corrected chi connectivity index (χ2v) is 11.6. The molecule has 2 aliphatic rings. The minimum Gasteiger partial charge on any atom is -0.456 e. The highest BCUT2D eigenvalue weighted by Gasteiger charge is 2.54. The van der Waals surface area contributed by atoms with Crippen molar-refractivity contribution in [3.8, 4) is 0 Å². The molecule has 0 bridgehead atoms. The lowest BCUT2D eigenvalue weighted by molar-refractivity contribution is -0.157. The molecular weight excluding hydrogens is 614 g/mol. The number of carbonyl (C=O) groups is 4. The fourth-order valence-electron chi connectivity index (χ4n) is 5.53. The Morgan fingerprint density at radius 1 is 0.896 bits per heavy atom. The Hall–Kier alpha value is -5.10. The van der Waals surface area contributed by atoms with Crippen LogP contribution in [0.2, 0.25) is 0 Å². The molecule has 3 aromatic carbocycles. The molecule has 250 valence electrons. The van der Waals surface area contributed by atoms with Crippen LogP contribution in [0.25, 0.3) is 6.08 Å². The van der Waals surface area contributed by atoms with Crippen LogP contribution in [0.15, 0.2) is 103 Å². The SMILES string of the molecule is CN(C)C(=O)C=Cc1ccc(C(=O)O[C@@H]2CC(C(=O)NCCC(=O)NCCO)=C[C@H]3OC(c4ccccc4)(c4ccccc4)O[C@H]32)cc1. The van der Waals surface area contributed by atoms with Crippen molar-refractivity contribution in [2.24, 2.45) is 0 Å². The number of nitrogens with zero attached hydrogens (tertiary/aromatic N) is 1. The predicted octanol–water partition coefficient (Wildman–Crippen LogP) is 2.94. The molecule has 3 atom stereocenters. The van der Waals surface area contributed by atoms with Crippen molar-refractivity contribution in [1.29, 1.82) is 0 Å². The number of amides is 3.